The van der Waals surface area contributed by atoms with Crippen LogP contribution in [0.2, 0.25) is 5.02 Å². The summed E-state index contributed by atoms with van der Waals surface area (Å²) in [6.07, 6.45) is 1.63. The van der Waals surface area contributed by atoms with Gasteiger partial charge in [0.2, 0.25) is 5.76 Å². The molecule has 3 aromatic rings. The van der Waals surface area contributed by atoms with Crippen LogP contribution in [0.25, 0.3) is 0 Å². The van der Waals surface area contributed by atoms with Gasteiger partial charge in [0.05, 0.1) is 11.3 Å². The number of aliphatic hydroxyl groups is 1. The minimum absolute atomic E-state index is 0.181. The maximum absolute atomic E-state index is 12.9. The van der Waals surface area contributed by atoms with Crippen LogP contribution in [-0.4, -0.2) is 34.2 Å². The van der Waals surface area contributed by atoms with Gasteiger partial charge in [0, 0.05) is 24.2 Å². The van der Waals surface area contributed by atoms with Crippen LogP contribution in [0.1, 0.15) is 53.1 Å². The van der Waals surface area contributed by atoms with Crippen LogP contribution in [0.15, 0.2) is 65.2 Å². The Hall–Kier alpha value is -2.63. The van der Waals surface area contributed by atoms with E-state index in [4.69, 9.17) is 16.1 Å². The minimum Gasteiger partial charge on any atom is -0.385 e. The molecule has 2 heterocycles. The monoisotopic (exact) mass is 424 g/mol. The molecule has 1 aliphatic rings. The number of benzene rings is 2. The maximum atomic E-state index is 12.9. The highest BCUT2D eigenvalue weighted by atomic mass is 35.5. The lowest BCUT2D eigenvalue weighted by Crippen LogP contribution is -2.45. The lowest BCUT2D eigenvalue weighted by atomic mass is 9.84. The topological polar surface area (TPSA) is 66.6 Å². The lowest BCUT2D eigenvalue weighted by Gasteiger charge is -2.38. The number of likely N-dealkylation sites (tertiary alicyclic amines) is 1. The summed E-state index contributed by atoms with van der Waals surface area (Å²) in [6.45, 7) is 3.04. The molecule has 2 aromatic carbocycles. The summed E-state index contributed by atoms with van der Waals surface area (Å²) in [5.74, 6) is 0.352. The molecule has 30 heavy (non-hydrogen) atoms. The van der Waals surface area contributed by atoms with Gasteiger partial charge in [0.1, 0.15) is 0 Å². The van der Waals surface area contributed by atoms with Crippen LogP contribution in [0.4, 0.5) is 0 Å². The number of piperidine rings is 1. The normalized spacial score (nSPS) is 17.0. The molecule has 6 heteroatoms. The quantitative estimate of drug-likeness (QED) is 0.639. The molecule has 4 rings (SSSR count). The van der Waals surface area contributed by atoms with Gasteiger partial charge in [0.15, 0.2) is 0 Å². The lowest BCUT2D eigenvalue weighted by molar-refractivity contribution is -0.0219. The SMILES string of the molecule is CC(Cc1cc(C(=O)N2CCC(O)(c3ccc(Cl)cc3)CC2)on1)c1ccccc1. The molecule has 156 valence electrons. The third-order valence-corrected chi connectivity index (χ3v) is 6.17. The second-order valence-electron chi connectivity index (χ2n) is 8.03. The molecule has 1 N–H and O–H groups in total. The van der Waals surface area contributed by atoms with Crippen LogP contribution in [-0.2, 0) is 12.0 Å². The minimum atomic E-state index is -0.945. The molecule has 1 aliphatic heterocycles. The van der Waals surface area contributed by atoms with E-state index in [9.17, 15) is 9.90 Å². The van der Waals surface area contributed by atoms with Gasteiger partial charge in [-0.15, -0.1) is 0 Å². The molecule has 1 aromatic heterocycles. The smallest absolute Gasteiger partial charge is 0.292 e. The largest absolute Gasteiger partial charge is 0.385 e. The van der Waals surface area contributed by atoms with Crippen molar-refractivity contribution in [1.82, 2.24) is 10.1 Å². The summed E-state index contributed by atoms with van der Waals surface area (Å²) in [6, 6.07) is 19.2. The number of halogens is 1. The summed E-state index contributed by atoms with van der Waals surface area (Å²) in [5, 5.41) is 15.7. The molecule has 0 aliphatic carbocycles. The average Bonchev–Trinajstić information content (AvgIpc) is 3.23. The summed E-state index contributed by atoms with van der Waals surface area (Å²) in [7, 11) is 0. The number of amides is 1. The van der Waals surface area contributed by atoms with E-state index in [2.05, 4.69) is 24.2 Å². The molecule has 0 bridgehead atoms. The standard InChI is InChI=1S/C24H25ClN2O3/c1-17(18-5-3-2-4-6-18)15-21-16-22(30-26-21)23(28)27-13-11-24(29,12-14-27)19-7-9-20(25)10-8-19/h2-10,16-17,29H,11-15H2,1H3. The Balaban J connectivity index is 1.37. The van der Waals surface area contributed by atoms with Crippen molar-refractivity contribution >= 4 is 17.5 Å². The number of carbonyl (C=O) groups is 1. The third-order valence-electron chi connectivity index (χ3n) is 5.91. The van der Waals surface area contributed by atoms with Crippen molar-refractivity contribution < 1.29 is 14.4 Å². The fourth-order valence-electron chi connectivity index (χ4n) is 4.01. The zero-order chi connectivity index (χ0) is 21.1. The molecule has 0 saturated carbocycles. The second kappa shape index (κ2) is 8.62. The molecular formula is C24H25ClN2O3. The Morgan fingerprint density at radius 3 is 2.50 bits per heavy atom. The highest BCUT2D eigenvalue weighted by molar-refractivity contribution is 6.30. The number of hydrogen-bond acceptors (Lipinski definition) is 4. The highest BCUT2D eigenvalue weighted by Crippen LogP contribution is 2.34. The van der Waals surface area contributed by atoms with E-state index in [1.807, 2.05) is 30.3 Å². The summed E-state index contributed by atoms with van der Waals surface area (Å²) < 4.78 is 5.35. The predicted octanol–water partition coefficient (Wildman–Crippen LogP) is 4.80. The maximum Gasteiger partial charge on any atom is 0.292 e. The van der Waals surface area contributed by atoms with Gasteiger partial charge in [-0.3, -0.25) is 4.79 Å². The van der Waals surface area contributed by atoms with E-state index in [-0.39, 0.29) is 17.6 Å². The van der Waals surface area contributed by atoms with Crippen molar-refractivity contribution in [2.45, 2.75) is 37.7 Å². The summed E-state index contributed by atoms with van der Waals surface area (Å²) in [5.41, 5.74) is 1.88. The number of carbonyl (C=O) groups excluding carboxylic acids is 1. The zero-order valence-electron chi connectivity index (χ0n) is 16.9. The van der Waals surface area contributed by atoms with Crippen LogP contribution >= 0.6 is 11.6 Å². The Morgan fingerprint density at radius 2 is 1.83 bits per heavy atom. The van der Waals surface area contributed by atoms with Crippen LogP contribution in [0.5, 0.6) is 0 Å². The molecule has 0 spiro atoms. The van der Waals surface area contributed by atoms with Crippen molar-refractivity contribution in [3.8, 4) is 0 Å². The molecule has 1 amide bonds. The Kier molecular flexibility index (Phi) is 5.93. The van der Waals surface area contributed by atoms with Gasteiger partial charge in [0.25, 0.3) is 5.91 Å². The fourth-order valence-corrected chi connectivity index (χ4v) is 4.13. The van der Waals surface area contributed by atoms with Gasteiger partial charge in [-0.2, -0.15) is 0 Å². The summed E-state index contributed by atoms with van der Waals surface area (Å²) >= 11 is 5.95. The van der Waals surface area contributed by atoms with E-state index in [0.717, 1.165) is 11.3 Å². The first-order valence-electron chi connectivity index (χ1n) is 10.2. The Morgan fingerprint density at radius 1 is 1.17 bits per heavy atom. The van der Waals surface area contributed by atoms with Gasteiger partial charge in [-0.05, 0) is 48.4 Å². The van der Waals surface area contributed by atoms with Gasteiger partial charge in [-0.25, -0.2) is 0 Å². The third kappa shape index (κ3) is 4.42. The van der Waals surface area contributed by atoms with Crippen molar-refractivity contribution in [2.24, 2.45) is 0 Å². The molecule has 1 unspecified atom stereocenters. The first-order valence-corrected chi connectivity index (χ1v) is 10.6. The molecule has 1 fully saturated rings. The fraction of sp³-hybridized carbons (Fsp3) is 0.333. The summed E-state index contributed by atoms with van der Waals surface area (Å²) in [4.78, 5) is 14.6. The number of nitrogens with zero attached hydrogens (tertiary/aromatic N) is 2. The Labute approximate surface area is 181 Å². The first-order chi connectivity index (χ1) is 14.4. The van der Waals surface area contributed by atoms with E-state index < -0.39 is 5.60 Å². The molecule has 0 radical (unpaired) electrons. The molecule has 1 saturated heterocycles. The first kappa shape index (κ1) is 20.6. The zero-order valence-corrected chi connectivity index (χ0v) is 17.7. The van der Waals surface area contributed by atoms with Crippen LogP contribution in [0, 0.1) is 0 Å². The number of hydrogen-bond donors (Lipinski definition) is 1. The molecule has 1 atom stereocenters. The highest BCUT2D eigenvalue weighted by Gasteiger charge is 2.36. The number of aromatic nitrogens is 1. The molecule has 5 nitrogen and oxygen atoms in total. The van der Waals surface area contributed by atoms with Crippen LogP contribution < -0.4 is 0 Å². The van der Waals surface area contributed by atoms with E-state index in [0.29, 0.717) is 37.4 Å². The average molecular weight is 425 g/mol. The van der Waals surface area contributed by atoms with Crippen molar-refractivity contribution in [3.05, 3.63) is 88.3 Å². The van der Waals surface area contributed by atoms with Crippen molar-refractivity contribution in [3.63, 3.8) is 0 Å². The predicted molar refractivity (Wildman–Crippen MR) is 116 cm³/mol. The number of rotatable bonds is 5. The van der Waals surface area contributed by atoms with Crippen LogP contribution in [0.3, 0.4) is 0 Å². The van der Waals surface area contributed by atoms with Gasteiger partial charge < -0.3 is 14.5 Å². The van der Waals surface area contributed by atoms with Gasteiger partial charge in [-0.1, -0.05) is 66.1 Å². The van der Waals surface area contributed by atoms with Crippen molar-refractivity contribution in [2.75, 3.05) is 13.1 Å². The second-order valence-corrected chi connectivity index (χ2v) is 8.47. The van der Waals surface area contributed by atoms with Crippen molar-refractivity contribution in [1.29, 1.82) is 0 Å². The molecular weight excluding hydrogens is 400 g/mol. The van der Waals surface area contributed by atoms with Gasteiger partial charge >= 0.3 is 0 Å². The van der Waals surface area contributed by atoms with E-state index in [1.54, 1.807) is 23.1 Å². The van der Waals surface area contributed by atoms with E-state index >= 15 is 0 Å². The Bertz CT molecular complexity index is 993. The van der Waals surface area contributed by atoms with E-state index in [1.165, 1.54) is 5.56 Å².